The molecule has 0 saturated carbocycles. The molecule has 0 radical (unpaired) electrons. The van der Waals surface area contributed by atoms with E-state index in [1.165, 1.54) is 132 Å². The Morgan fingerprint density at radius 1 is 0.232 bits per heavy atom. The molecule has 0 atom stereocenters. The second-order valence-corrected chi connectivity index (χ2v) is 15.6. The van der Waals surface area contributed by atoms with Crippen LogP contribution in [0.2, 0.25) is 0 Å². The van der Waals surface area contributed by atoms with Crippen molar-refractivity contribution >= 4 is 32.3 Å². The molecule has 2 aliphatic carbocycles. The van der Waals surface area contributed by atoms with Crippen molar-refractivity contribution in [3.8, 4) is 89.0 Å². The minimum atomic E-state index is 1.25. The highest BCUT2D eigenvalue weighted by molar-refractivity contribution is 6.29. The highest BCUT2D eigenvalue weighted by Gasteiger charge is 2.31. The number of fused-ring (bicyclic) bond motifs is 7. The average Bonchev–Trinajstić information content (AvgIpc) is 3.75. The van der Waals surface area contributed by atoms with Crippen molar-refractivity contribution in [1.82, 2.24) is 0 Å². The van der Waals surface area contributed by atoms with Crippen LogP contribution >= 0.6 is 0 Å². The molecule has 56 heavy (non-hydrogen) atoms. The molecular formula is C56H36. The standard InChI is InChI=1S/C56H36/c1-33-14-11-15-34(2)50(33)46-30-29-45-39-27-26-37(32-49(39)44-24-12-23-43(46)53(44)45)38-28-31-48-54-40(38)22-13-25-47(54)55-51(35-16-5-3-6-17-35)41-20-9-10-21-42(41)52(56(48)55)36-18-7-4-8-19-36/h3-32H,1-2H3. The molecule has 0 heteroatoms. The van der Waals surface area contributed by atoms with Crippen LogP contribution in [0.4, 0.5) is 0 Å². The molecule has 2 aliphatic rings. The minimum absolute atomic E-state index is 1.25. The van der Waals surface area contributed by atoms with Gasteiger partial charge in [0.1, 0.15) is 0 Å². The number of benzene rings is 10. The van der Waals surface area contributed by atoms with Gasteiger partial charge in [-0.05, 0) is 152 Å². The maximum atomic E-state index is 2.45. The molecule has 12 rings (SSSR count). The number of rotatable bonds is 4. The molecule has 0 N–H and O–H groups in total. The van der Waals surface area contributed by atoms with Gasteiger partial charge in [-0.2, -0.15) is 0 Å². The minimum Gasteiger partial charge on any atom is -0.0622 e. The van der Waals surface area contributed by atoms with Gasteiger partial charge in [0.15, 0.2) is 0 Å². The number of hydrogen-bond acceptors (Lipinski definition) is 0. The summed E-state index contributed by atoms with van der Waals surface area (Å²) in [5, 5.41) is 7.90. The van der Waals surface area contributed by atoms with Gasteiger partial charge < -0.3 is 0 Å². The maximum Gasteiger partial charge on any atom is -0.000741 e. The third-order valence-electron chi connectivity index (χ3n) is 12.6. The van der Waals surface area contributed by atoms with E-state index < -0.39 is 0 Å². The Kier molecular flexibility index (Phi) is 6.57. The van der Waals surface area contributed by atoms with E-state index in [-0.39, 0.29) is 0 Å². The Morgan fingerprint density at radius 2 is 0.679 bits per heavy atom. The van der Waals surface area contributed by atoms with Crippen molar-refractivity contribution in [3.05, 3.63) is 193 Å². The fraction of sp³-hybridized carbons (Fsp3) is 0.0357. The Balaban J connectivity index is 1.09. The molecule has 10 aromatic rings. The molecule has 0 bridgehead atoms. The summed E-state index contributed by atoms with van der Waals surface area (Å²) in [6.07, 6.45) is 0. The molecule has 0 aromatic heterocycles. The van der Waals surface area contributed by atoms with Crippen LogP contribution < -0.4 is 0 Å². The molecule has 0 heterocycles. The van der Waals surface area contributed by atoms with Crippen molar-refractivity contribution in [2.75, 3.05) is 0 Å². The first-order valence-corrected chi connectivity index (χ1v) is 19.7. The summed E-state index contributed by atoms with van der Waals surface area (Å²) in [5.74, 6) is 0. The SMILES string of the molecule is Cc1cccc(C)c1-c1ccc2c3c(cccc13)-c1cc(-c3ccc4c5c(cccc35)-c3c-4c(-c4ccccc4)c4ccccc4c3-c3ccccc3)ccc1-2. The zero-order valence-electron chi connectivity index (χ0n) is 31.3. The third kappa shape index (κ3) is 4.24. The molecule has 0 fully saturated rings. The van der Waals surface area contributed by atoms with Crippen LogP contribution in [0.25, 0.3) is 121 Å². The Bertz CT molecular complexity index is 3180. The smallest absolute Gasteiger partial charge is 0.000741 e. The zero-order chi connectivity index (χ0) is 37.1. The van der Waals surface area contributed by atoms with Crippen LogP contribution in [0.1, 0.15) is 11.1 Å². The lowest BCUT2D eigenvalue weighted by molar-refractivity contribution is 1.38. The molecule has 0 amide bonds. The van der Waals surface area contributed by atoms with Crippen LogP contribution in [0, 0.1) is 13.8 Å². The average molecular weight is 709 g/mol. The number of aryl methyl sites for hydroxylation is 2. The predicted octanol–water partition coefficient (Wildman–Crippen LogP) is 15.7. The van der Waals surface area contributed by atoms with Crippen LogP contribution in [-0.2, 0) is 0 Å². The van der Waals surface area contributed by atoms with Crippen LogP contribution in [-0.4, -0.2) is 0 Å². The molecule has 0 spiro atoms. The van der Waals surface area contributed by atoms with Gasteiger partial charge in [0.2, 0.25) is 0 Å². The zero-order valence-corrected chi connectivity index (χ0v) is 31.3. The summed E-state index contributed by atoms with van der Waals surface area (Å²) in [6, 6.07) is 68.1. The number of hydrogen-bond donors (Lipinski definition) is 0. The van der Waals surface area contributed by atoms with Crippen molar-refractivity contribution in [1.29, 1.82) is 0 Å². The molecule has 0 saturated heterocycles. The van der Waals surface area contributed by atoms with E-state index in [1.54, 1.807) is 0 Å². The van der Waals surface area contributed by atoms with Crippen LogP contribution in [0.3, 0.4) is 0 Å². The van der Waals surface area contributed by atoms with E-state index in [0.717, 1.165) is 0 Å². The lowest BCUT2D eigenvalue weighted by Gasteiger charge is -2.20. The van der Waals surface area contributed by atoms with E-state index in [0.29, 0.717) is 0 Å². The largest absolute Gasteiger partial charge is 0.0622 e. The van der Waals surface area contributed by atoms with E-state index in [1.807, 2.05) is 0 Å². The molecular weight excluding hydrogens is 673 g/mol. The van der Waals surface area contributed by atoms with Crippen LogP contribution in [0.15, 0.2) is 182 Å². The quantitative estimate of drug-likeness (QED) is 0.171. The molecule has 0 unspecified atom stereocenters. The van der Waals surface area contributed by atoms with Gasteiger partial charge in [-0.15, -0.1) is 0 Å². The third-order valence-corrected chi connectivity index (χ3v) is 12.6. The van der Waals surface area contributed by atoms with Gasteiger partial charge in [-0.1, -0.05) is 176 Å². The highest BCUT2D eigenvalue weighted by Crippen LogP contribution is 2.59. The van der Waals surface area contributed by atoms with Gasteiger partial charge in [-0.3, -0.25) is 0 Å². The van der Waals surface area contributed by atoms with Crippen molar-refractivity contribution in [3.63, 3.8) is 0 Å². The molecule has 260 valence electrons. The Morgan fingerprint density at radius 3 is 1.34 bits per heavy atom. The summed E-state index contributed by atoms with van der Waals surface area (Å²) in [6.45, 7) is 4.47. The first kappa shape index (κ1) is 31.3. The van der Waals surface area contributed by atoms with E-state index in [4.69, 9.17) is 0 Å². The normalized spacial score (nSPS) is 12.1. The van der Waals surface area contributed by atoms with Crippen molar-refractivity contribution in [2.24, 2.45) is 0 Å². The van der Waals surface area contributed by atoms with E-state index in [2.05, 4.69) is 196 Å². The monoisotopic (exact) mass is 708 g/mol. The summed E-state index contributed by atoms with van der Waals surface area (Å²) in [4.78, 5) is 0. The lowest BCUT2D eigenvalue weighted by atomic mass is 9.82. The van der Waals surface area contributed by atoms with E-state index in [9.17, 15) is 0 Å². The Labute approximate surface area is 327 Å². The molecule has 0 nitrogen and oxygen atoms in total. The summed E-state index contributed by atoms with van der Waals surface area (Å²) < 4.78 is 0. The molecule has 10 aromatic carbocycles. The van der Waals surface area contributed by atoms with Gasteiger partial charge >= 0.3 is 0 Å². The van der Waals surface area contributed by atoms with Gasteiger partial charge in [0.25, 0.3) is 0 Å². The van der Waals surface area contributed by atoms with E-state index >= 15 is 0 Å². The van der Waals surface area contributed by atoms with Crippen LogP contribution in [0.5, 0.6) is 0 Å². The predicted molar refractivity (Wildman–Crippen MR) is 239 cm³/mol. The fourth-order valence-corrected chi connectivity index (χ4v) is 10.3. The van der Waals surface area contributed by atoms with Gasteiger partial charge in [-0.25, -0.2) is 0 Å². The fourth-order valence-electron chi connectivity index (χ4n) is 10.3. The van der Waals surface area contributed by atoms with Gasteiger partial charge in [0.05, 0.1) is 0 Å². The summed E-state index contributed by atoms with van der Waals surface area (Å²) in [5.41, 5.74) is 23.5. The first-order valence-electron chi connectivity index (χ1n) is 19.7. The highest BCUT2D eigenvalue weighted by atomic mass is 14.3. The second kappa shape index (κ2) is 11.7. The van der Waals surface area contributed by atoms with Crippen molar-refractivity contribution < 1.29 is 0 Å². The van der Waals surface area contributed by atoms with Crippen molar-refractivity contribution in [2.45, 2.75) is 13.8 Å². The maximum absolute atomic E-state index is 2.45. The first-order chi connectivity index (χ1) is 27.7. The van der Waals surface area contributed by atoms with Gasteiger partial charge in [0, 0.05) is 0 Å². The second-order valence-electron chi connectivity index (χ2n) is 15.6. The lowest BCUT2D eigenvalue weighted by Crippen LogP contribution is -1.93. The molecule has 0 aliphatic heterocycles. The summed E-state index contributed by atoms with van der Waals surface area (Å²) >= 11 is 0. The topological polar surface area (TPSA) is 0 Å². The Hall–Kier alpha value is -7.02. The summed E-state index contributed by atoms with van der Waals surface area (Å²) in [7, 11) is 0.